The van der Waals surface area contributed by atoms with Crippen molar-refractivity contribution in [2.24, 2.45) is 0 Å². The second kappa shape index (κ2) is 36.8. The summed E-state index contributed by atoms with van der Waals surface area (Å²) in [6.45, 7) is 7.10. The van der Waals surface area contributed by atoms with Crippen molar-refractivity contribution in [3.8, 4) is 34.5 Å². The molecule has 0 atom stereocenters. The molecule has 0 amide bonds. The molecule has 0 aromatic heterocycles. The summed E-state index contributed by atoms with van der Waals surface area (Å²) in [6, 6.07) is 5.33. The van der Waals surface area contributed by atoms with E-state index in [9.17, 15) is 20.1 Å². The second-order valence-corrected chi connectivity index (χ2v) is 14.0. The van der Waals surface area contributed by atoms with E-state index in [1.54, 1.807) is 29.6 Å². The monoisotopic (exact) mass is 850 g/mol. The van der Waals surface area contributed by atoms with Gasteiger partial charge in [-0.3, -0.25) is 4.79 Å². The van der Waals surface area contributed by atoms with Crippen LogP contribution in [0, 0.1) is 0 Å². The third-order valence-electron chi connectivity index (χ3n) is 5.76. The Hall–Kier alpha value is -1.17. The van der Waals surface area contributed by atoms with Crippen molar-refractivity contribution in [2.75, 3.05) is 114 Å². The molecule has 0 aliphatic heterocycles. The zero-order chi connectivity index (χ0) is 40.1. The summed E-state index contributed by atoms with van der Waals surface area (Å²) >= 11 is 19.3. The number of aromatic hydroxyl groups is 6. The SMILES string of the molecule is O=Cc1ccc(O)c(O)c1O.Oc1ccc(C(SCCOCCOCCS)SCCOCCOCCS)c(O)c1O.SCCOCCOCCS.[3H][B]. The highest BCUT2D eigenvalue weighted by Gasteiger charge is 2.20. The minimum absolute atomic E-state index is 0.0553. The molecule has 0 saturated carbocycles. The van der Waals surface area contributed by atoms with Gasteiger partial charge in [0.15, 0.2) is 29.3 Å². The summed E-state index contributed by atoms with van der Waals surface area (Å²) in [5.41, 5.74) is 0.495. The Morgan fingerprint density at radius 1 is 0.538 bits per heavy atom. The van der Waals surface area contributed by atoms with Crippen LogP contribution in [0.3, 0.4) is 0 Å². The van der Waals surface area contributed by atoms with E-state index in [-0.39, 0.29) is 21.6 Å². The van der Waals surface area contributed by atoms with Gasteiger partial charge in [-0.1, -0.05) is 0 Å². The van der Waals surface area contributed by atoms with E-state index in [0.29, 0.717) is 114 Å². The van der Waals surface area contributed by atoms with Gasteiger partial charge in [-0.15, -0.1) is 23.5 Å². The molecule has 298 valence electrons. The maximum atomic E-state index is 10.3. The van der Waals surface area contributed by atoms with E-state index in [2.05, 4.69) is 58.9 Å². The first-order valence-corrected chi connectivity index (χ1v) is 20.4. The van der Waals surface area contributed by atoms with Gasteiger partial charge < -0.3 is 59.1 Å². The molecular formula is C32H53BO13S6. The zero-order valence-corrected chi connectivity index (χ0v) is 34.1. The van der Waals surface area contributed by atoms with Gasteiger partial charge in [-0.2, -0.15) is 50.5 Å². The van der Waals surface area contributed by atoms with E-state index in [4.69, 9.17) is 45.1 Å². The van der Waals surface area contributed by atoms with Gasteiger partial charge in [0.1, 0.15) is 0 Å². The number of carbonyl (C=O) groups excluding carboxylic acids is 1. The summed E-state index contributed by atoms with van der Waals surface area (Å²) in [7, 11) is 3.75. The quantitative estimate of drug-likeness (QED) is 0.0155. The Morgan fingerprint density at radius 3 is 1.25 bits per heavy atom. The largest absolute Gasteiger partial charge is 0.504 e. The number of phenols is 6. The Balaban J connectivity index is 0. The van der Waals surface area contributed by atoms with E-state index < -0.39 is 23.0 Å². The van der Waals surface area contributed by atoms with Gasteiger partial charge in [0.05, 0.1) is 89.4 Å². The molecule has 2 radical (unpaired) electrons. The van der Waals surface area contributed by atoms with Crippen LogP contribution in [0.15, 0.2) is 24.3 Å². The standard InChI is InChI=1S/C19H32O7S4.C7H6O4.C6H14O2S2.BH/c20-16-2-1-15(17(21)18(16)22)19(29-13-9-25-5-3-23-7-11-27)30-14-10-26-6-4-24-8-12-28;8-3-4-1-2-5(9)7(11)6(4)10;9-5-3-7-1-2-8-4-6-10;/h1-2,19-22,27-28H,3-14H2;1-3,9-11H;9-10H,1-6H2;1H/i;;;1T. The third kappa shape index (κ3) is 25.8. The van der Waals surface area contributed by atoms with Gasteiger partial charge in [0.2, 0.25) is 11.5 Å². The van der Waals surface area contributed by atoms with Gasteiger partial charge in [0.25, 0.3) is 0 Å². The van der Waals surface area contributed by atoms with Crippen molar-refractivity contribution < 1.29 is 63.9 Å². The maximum absolute atomic E-state index is 10.3. The molecular weight excluding hydrogens is 796 g/mol. The van der Waals surface area contributed by atoms with Crippen LogP contribution in [0.2, 0.25) is 0 Å². The van der Waals surface area contributed by atoms with Crippen molar-refractivity contribution in [3.63, 3.8) is 0 Å². The van der Waals surface area contributed by atoms with Gasteiger partial charge in [0, 0.05) is 48.5 Å². The van der Waals surface area contributed by atoms with Gasteiger partial charge >= 0.3 is 0 Å². The number of aldehydes is 1. The summed E-state index contributed by atoms with van der Waals surface area (Å²) in [5.74, 6) is 1.43. The molecule has 0 saturated heterocycles. The summed E-state index contributed by atoms with van der Waals surface area (Å²) in [4.78, 5) is 10.1. The van der Waals surface area contributed by atoms with Crippen LogP contribution in [0.4, 0.5) is 0 Å². The van der Waals surface area contributed by atoms with Crippen LogP contribution in [-0.2, 0) is 28.4 Å². The van der Waals surface area contributed by atoms with Crippen molar-refractivity contribution >= 4 is 88.7 Å². The van der Waals surface area contributed by atoms with Crippen LogP contribution >= 0.6 is 74.0 Å². The number of hydrogen-bond donors (Lipinski definition) is 10. The van der Waals surface area contributed by atoms with Crippen LogP contribution < -0.4 is 0 Å². The molecule has 52 heavy (non-hydrogen) atoms. The first-order chi connectivity index (χ1) is 25.7. The van der Waals surface area contributed by atoms with Crippen LogP contribution in [-0.4, -0.2) is 160 Å². The number of thiol groups is 4. The highest BCUT2D eigenvalue weighted by atomic mass is 32.2. The predicted molar refractivity (Wildman–Crippen MR) is 223 cm³/mol. The van der Waals surface area contributed by atoms with E-state index >= 15 is 0 Å². The fourth-order valence-corrected chi connectivity index (χ4v) is 6.41. The molecule has 13 nitrogen and oxygen atoms in total. The van der Waals surface area contributed by atoms with Gasteiger partial charge in [-0.05, 0) is 25.6 Å². The smallest absolute Gasteiger partial charge is 0.201 e. The number of phenolic OH excluding ortho intramolecular Hbond substituents is 6. The fraction of sp³-hybridized carbons (Fsp3) is 0.594. The molecule has 0 heterocycles. The highest BCUT2D eigenvalue weighted by Crippen LogP contribution is 2.48. The number of hydrogen-bond acceptors (Lipinski definition) is 19. The van der Waals surface area contributed by atoms with Crippen LogP contribution in [0.5, 0.6) is 34.5 Å². The third-order valence-corrected chi connectivity index (χ3v) is 9.22. The Bertz CT molecular complexity index is 1140. The van der Waals surface area contributed by atoms with E-state index in [0.717, 1.165) is 17.6 Å². The predicted octanol–water partition coefficient (Wildman–Crippen LogP) is 4.04. The Kier molecular flexibility index (Phi) is 36.0. The van der Waals surface area contributed by atoms with E-state index in [1.807, 2.05) is 0 Å². The Morgan fingerprint density at radius 2 is 0.885 bits per heavy atom. The molecule has 0 fully saturated rings. The fourth-order valence-electron chi connectivity index (χ4n) is 3.33. The number of ether oxygens (including phenoxy) is 6. The topological polar surface area (TPSA) is 194 Å². The van der Waals surface area contributed by atoms with Crippen molar-refractivity contribution in [3.05, 3.63) is 35.4 Å². The summed E-state index contributed by atoms with van der Waals surface area (Å²) < 4.78 is 37.0. The lowest BCUT2D eigenvalue weighted by molar-refractivity contribution is 0.0605. The van der Waals surface area contributed by atoms with Gasteiger partial charge in [-0.25, -0.2) is 0 Å². The molecule has 0 bridgehead atoms. The first kappa shape index (κ1) is 50.8. The van der Waals surface area contributed by atoms with Crippen molar-refractivity contribution in [1.29, 1.82) is 1.34 Å². The molecule has 0 aliphatic carbocycles. The lowest BCUT2D eigenvalue weighted by Gasteiger charge is -2.19. The normalized spacial score (nSPS) is 10.7. The van der Waals surface area contributed by atoms with Crippen molar-refractivity contribution in [1.82, 2.24) is 0 Å². The molecule has 2 rings (SSSR count). The minimum atomic E-state index is -0.672. The van der Waals surface area contributed by atoms with Crippen LogP contribution in [0.1, 0.15) is 20.5 Å². The zero-order valence-electron chi connectivity index (χ0n) is 29.9. The summed E-state index contributed by atoms with van der Waals surface area (Å²) in [6.07, 6.45) is 0.383. The second-order valence-electron chi connectivity index (χ2n) is 9.50. The lowest BCUT2D eigenvalue weighted by atomic mass is 10.2. The maximum Gasteiger partial charge on any atom is 0.201 e. The van der Waals surface area contributed by atoms with Crippen LogP contribution in [0.25, 0.3) is 0 Å². The molecule has 0 spiro atoms. The van der Waals surface area contributed by atoms with Crippen molar-refractivity contribution in [2.45, 2.75) is 4.58 Å². The van der Waals surface area contributed by atoms with E-state index in [1.165, 1.54) is 12.1 Å². The molecule has 0 unspecified atom stereocenters. The number of rotatable bonds is 27. The highest BCUT2D eigenvalue weighted by molar-refractivity contribution is 8.16. The Labute approximate surface area is 340 Å². The average molecular weight is 851 g/mol. The molecule has 6 N–H and O–H groups in total. The number of benzene rings is 2. The lowest BCUT2D eigenvalue weighted by Crippen LogP contribution is -2.09. The first-order valence-electron chi connectivity index (χ1n) is 16.3. The minimum Gasteiger partial charge on any atom is -0.504 e. The molecule has 2 aromatic rings. The number of carbonyl (C=O) groups is 1. The molecule has 20 heteroatoms. The molecule has 0 aliphatic rings. The number of thioether (sulfide) groups is 2. The summed E-state index contributed by atoms with van der Waals surface area (Å²) in [5, 5.41) is 56.3. The molecule has 2 aromatic carbocycles. The average Bonchev–Trinajstić information content (AvgIpc) is 3.17.